The Labute approximate surface area is 112 Å². The molecular formula is C16H28O2. The topological polar surface area (TPSA) is 18.5 Å². The van der Waals surface area contributed by atoms with Crippen LogP contribution >= 0.6 is 0 Å². The van der Waals surface area contributed by atoms with E-state index in [1.54, 1.807) is 0 Å². The predicted molar refractivity (Wildman–Crippen MR) is 74.4 cm³/mol. The lowest BCUT2D eigenvalue weighted by Gasteiger charge is -2.45. The molecule has 0 aromatic carbocycles. The molecule has 18 heavy (non-hydrogen) atoms. The molecule has 1 aliphatic carbocycles. The van der Waals surface area contributed by atoms with Crippen molar-refractivity contribution < 1.29 is 9.47 Å². The second-order valence-corrected chi connectivity index (χ2v) is 6.44. The molecule has 0 aromatic rings. The van der Waals surface area contributed by atoms with E-state index >= 15 is 0 Å². The van der Waals surface area contributed by atoms with Crippen molar-refractivity contribution in [3.05, 3.63) is 12.7 Å². The van der Waals surface area contributed by atoms with Gasteiger partial charge in [-0.1, -0.05) is 32.3 Å². The van der Waals surface area contributed by atoms with Crippen LogP contribution in [0.15, 0.2) is 12.7 Å². The lowest BCUT2D eigenvalue weighted by Crippen LogP contribution is -2.49. The molecule has 0 aromatic heterocycles. The maximum absolute atomic E-state index is 6.18. The second-order valence-electron chi connectivity index (χ2n) is 6.44. The van der Waals surface area contributed by atoms with E-state index in [2.05, 4.69) is 13.5 Å². The zero-order valence-electron chi connectivity index (χ0n) is 12.2. The third kappa shape index (κ3) is 3.36. The Bertz CT molecular complexity index is 279. The second kappa shape index (κ2) is 5.75. The first-order chi connectivity index (χ1) is 8.52. The first-order valence-electron chi connectivity index (χ1n) is 7.50. The molecule has 1 saturated carbocycles. The zero-order valence-corrected chi connectivity index (χ0v) is 12.2. The monoisotopic (exact) mass is 252 g/mol. The molecule has 1 aliphatic heterocycles. The molecule has 0 unspecified atom stereocenters. The minimum atomic E-state index is -0.442. The van der Waals surface area contributed by atoms with E-state index in [0.29, 0.717) is 12.0 Å². The fourth-order valence-electron chi connectivity index (χ4n) is 3.35. The molecule has 0 amide bonds. The SMILES string of the molecule is C=C[C@@H](C)[C@H]1C[C@@H](C2CCCCC2)OC(C)(C)O1. The summed E-state index contributed by atoms with van der Waals surface area (Å²) in [6, 6.07) is 0. The van der Waals surface area contributed by atoms with Crippen LogP contribution in [0.25, 0.3) is 0 Å². The van der Waals surface area contributed by atoms with Gasteiger partial charge in [0.05, 0.1) is 12.2 Å². The van der Waals surface area contributed by atoms with Crippen molar-refractivity contribution in [2.24, 2.45) is 11.8 Å². The largest absolute Gasteiger partial charge is 0.347 e. The van der Waals surface area contributed by atoms with Crippen molar-refractivity contribution in [1.29, 1.82) is 0 Å². The van der Waals surface area contributed by atoms with Crippen LogP contribution in [-0.2, 0) is 9.47 Å². The highest BCUT2D eigenvalue weighted by atomic mass is 16.7. The summed E-state index contributed by atoms with van der Waals surface area (Å²) in [6.07, 6.45) is 10.5. The smallest absolute Gasteiger partial charge is 0.163 e. The van der Waals surface area contributed by atoms with E-state index in [9.17, 15) is 0 Å². The summed E-state index contributed by atoms with van der Waals surface area (Å²) in [5.41, 5.74) is 0. The molecule has 1 saturated heterocycles. The molecule has 2 nitrogen and oxygen atoms in total. The lowest BCUT2D eigenvalue weighted by molar-refractivity contribution is -0.314. The van der Waals surface area contributed by atoms with Gasteiger partial charge < -0.3 is 9.47 Å². The van der Waals surface area contributed by atoms with Crippen LogP contribution in [0.4, 0.5) is 0 Å². The molecule has 0 spiro atoms. The third-order valence-electron chi connectivity index (χ3n) is 4.47. The molecule has 0 radical (unpaired) electrons. The average molecular weight is 252 g/mol. The van der Waals surface area contributed by atoms with Crippen LogP contribution in [0.5, 0.6) is 0 Å². The highest BCUT2D eigenvalue weighted by Gasteiger charge is 2.40. The molecule has 0 bridgehead atoms. The standard InChI is InChI=1S/C16H28O2/c1-5-12(2)14-11-15(18-16(3,4)17-14)13-9-7-6-8-10-13/h5,12-15H,1,6-11H2,2-4H3/t12-,14-,15+/m1/s1. The summed E-state index contributed by atoms with van der Waals surface area (Å²) in [7, 11) is 0. The van der Waals surface area contributed by atoms with E-state index in [-0.39, 0.29) is 6.10 Å². The Balaban J connectivity index is 2.03. The third-order valence-corrected chi connectivity index (χ3v) is 4.47. The Hall–Kier alpha value is -0.340. The van der Waals surface area contributed by atoms with Crippen LogP contribution in [-0.4, -0.2) is 18.0 Å². The maximum Gasteiger partial charge on any atom is 0.163 e. The summed E-state index contributed by atoms with van der Waals surface area (Å²) >= 11 is 0. The summed E-state index contributed by atoms with van der Waals surface area (Å²) < 4.78 is 12.2. The first-order valence-corrected chi connectivity index (χ1v) is 7.50. The van der Waals surface area contributed by atoms with Gasteiger partial charge in [-0.05, 0) is 32.6 Å². The average Bonchev–Trinajstić information content (AvgIpc) is 2.37. The Morgan fingerprint density at radius 3 is 2.44 bits per heavy atom. The van der Waals surface area contributed by atoms with E-state index in [0.717, 1.165) is 12.3 Å². The van der Waals surface area contributed by atoms with Crippen LogP contribution in [0.2, 0.25) is 0 Å². The molecule has 3 atom stereocenters. The van der Waals surface area contributed by atoms with Crippen LogP contribution in [0, 0.1) is 11.8 Å². The zero-order chi connectivity index (χ0) is 13.2. The Kier molecular flexibility index (Phi) is 4.50. The van der Waals surface area contributed by atoms with Crippen molar-refractivity contribution in [3.8, 4) is 0 Å². The molecule has 2 fully saturated rings. The normalized spacial score (nSPS) is 35.1. The molecule has 1 heterocycles. The quantitative estimate of drug-likeness (QED) is 0.697. The van der Waals surface area contributed by atoms with Crippen molar-refractivity contribution in [2.45, 2.75) is 77.3 Å². The van der Waals surface area contributed by atoms with Gasteiger partial charge in [-0.2, -0.15) is 0 Å². The minimum absolute atomic E-state index is 0.262. The van der Waals surface area contributed by atoms with Gasteiger partial charge in [0.2, 0.25) is 0 Å². The predicted octanol–water partition coefficient (Wildman–Crippen LogP) is 4.30. The summed E-state index contributed by atoms with van der Waals surface area (Å²) in [5.74, 6) is 0.697. The van der Waals surface area contributed by atoms with Crippen molar-refractivity contribution in [1.82, 2.24) is 0 Å². The van der Waals surface area contributed by atoms with Gasteiger partial charge in [-0.3, -0.25) is 0 Å². The van der Waals surface area contributed by atoms with Crippen LogP contribution in [0.3, 0.4) is 0 Å². The summed E-state index contributed by atoms with van der Waals surface area (Å²) in [5, 5.41) is 0. The number of hydrogen-bond acceptors (Lipinski definition) is 2. The number of ether oxygens (including phenoxy) is 2. The number of hydrogen-bond donors (Lipinski definition) is 0. The first kappa shape index (κ1) is 14.1. The molecule has 2 heteroatoms. The van der Waals surface area contributed by atoms with E-state index in [4.69, 9.17) is 9.47 Å². The van der Waals surface area contributed by atoms with Crippen LogP contribution in [0.1, 0.15) is 59.3 Å². The van der Waals surface area contributed by atoms with Gasteiger partial charge in [0.1, 0.15) is 0 Å². The molecule has 0 N–H and O–H groups in total. The highest BCUT2D eigenvalue weighted by Crippen LogP contribution is 2.38. The molecule has 104 valence electrons. The Morgan fingerprint density at radius 2 is 1.83 bits per heavy atom. The fraction of sp³-hybridized carbons (Fsp3) is 0.875. The summed E-state index contributed by atoms with van der Waals surface area (Å²) in [4.78, 5) is 0. The molecule has 2 rings (SSSR count). The van der Waals surface area contributed by atoms with Gasteiger partial charge in [0, 0.05) is 12.3 Å². The fourth-order valence-corrected chi connectivity index (χ4v) is 3.35. The van der Waals surface area contributed by atoms with Crippen molar-refractivity contribution >= 4 is 0 Å². The van der Waals surface area contributed by atoms with Gasteiger partial charge in [0.25, 0.3) is 0 Å². The van der Waals surface area contributed by atoms with E-state index < -0.39 is 5.79 Å². The molecule has 2 aliphatic rings. The number of rotatable bonds is 3. The minimum Gasteiger partial charge on any atom is -0.347 e. The maximum atomic E-state index is 6.18. The Morgan fingerprint density at radius 1 is 1.17 bits per heavy atom. The van der Waals surface area contributed by atoms with Crippen molar-refractivity contribution in [3.63, 3.8) is 0 Å². The lowest BCUT2D eigenvalue weighted by atomic mass is 9.81. The van der Waals surface area contributed by atoms with E-state index in [1.807, 2.05) is 19.9 Å². The molecular weight excluding hydrogens is 224 g/mol. The van der Waals surface area contributed by atoms with Crippen LogP contribution < -0.4 is 0 Å². The van der Waals surface area contributed by atoms with E-state index in [1.165, 1.54) is 32.1 Å². The van der Waals surface area contributed by atoms with Gasteiger partial charge in [0.15, 0.2) is 5.79 Å². The highest BCUT2D eigenvalue weighted by molar-refractivity contribution is 4.90. The van der Waals surface area contributed by atoms with Gasteiger partial charge in [-0.25, -0.2) is 0 Å². The van der Waals surface area contributed by atoms with Crippen molar-refractivity contribution in [2.75, 3.05) is 0 Å². The van der Waals surface area contributed by atoms with Gasteiger partial charge >= 0.3 is 0 Å². The summed E-state index contributed by atoms with van der Waals surface area (Å²) in [6.45, 7) is 10.2. The van der Waals surface area contributed by atoms with Gasteiger partial charge in [-0.15, -0.1) is 6.58 Å².